The second kappa shape index (κ2) is 4.91. The minimum atomic E-state index is 0.788. The summed E-state index contributed by atoms with van der Waals surface area (Å²) in [5, 5.41) is 3.09. The fourth-order valence-electron chi connectivity index (χ4n) is 1.20. The maximum Gasteiger partial charge on any atom is 0.132 e. The zero-order valence-electron chi connectivity index (χ0n) is 9.33. The molecule has 1 aromatic heterocycles. The normalized spacial score (nSPS) is 10.3. The van der Waals surface area contributed by atoms with Crippen LogP contribution in [0.15, 0.2) is 6.07 Å². The largest absolute Gasteiger partial charge is 0.363 e. The van der Waals surface area contributed by atoms with Gasteiger partial charge in [-0.3, -0.25) is 0 Å². The molecule has 1 aromatic rings. The molecule has 14 heavy (non-hydrogen) atoms. The molecule has 4 heteroatoms. The van der Waals surface area contributed by atoms with Crippen LogP contribution in [0.3, 0.4) is 0 Å². The average Bonchev–Trinajstić information content (AvgIpc) is 2.17. The first kappa shape index (κ1) is 10.9. The molecule has 0 radical (unpaired) electrons. The quantitative estimate of drug-likeness (QED) is 0.770. The molecule has 0 fully saturated rings. The minimum absolute atomic E-state index is 0.788. The lowest BCUT2D eigenvalue weighted by Crippen LogP contribution is -2.15. The molecule has 0 unspecified atom stereocenters. The van der Waals surface area contributed by atoms with Crippen molar-refractivity contribution in [3.8, 4) is 0 Å². The fraction of sp³-hybridized carbons (Fsp3) is 0.600. The van der Waals surface area contributed by atoms with E-state index in [2.05, 4.69) is 22.2 Å². The van der Waals surface area contributed by atoms with E-state index in [9.17, 15) is 0 Å². The highest BCUT2D eigenvalue weighted by molar-refractivity contribution is 5.37. The van der Waals surface area contributed by atoms with Gasteiger partial charge in [-0.25, -0.2) is 9.97 Å². The predicted molar refractivity (Wildman–Crippen MR) is 58.5 cm³/mol. The number of hydrogen-bond donors (Lipinski definition) is 1. The molecule has 0 saturated heterocycles. The van der Waals surface area contributed by atoms with Crippen LogP contribution >= 0.6 is 0 Å². The van der Waals surface area contributed by atoms with Crippen molar-refractivity contribution in [1.29, 1.82) is 0 Å². The molecule has 1 N–H and O–H groups in total. The summed E-state index contributed by atoms with van der Waals surface area (Å²) in [4.78, 5) is 10.8. The Kier molecular flexibility index (Phi) is 3.83. The molecule has 0 spiro atoms. The maximum absolute atomic E-state index is 4.42. The Morgan fingerprint density at radius 3 is 2.57 bits per heavy atom. The third-order valence-corrected chi connectivity index (χ3v) is 1.94. The number of anilines is 1. The summed E-state index contributed by atoms with van der Waals surface area (Å²) < 4.78 is 0. The summed E-state index contributed by atoms with van der Waals surface area (Å²) in [5.41, 5.74) is 1.04. The van der Waals surface area contributed by atoms with Crippen LogP contribution in [0.5, 0.6) is 0 Å². The van der Waals surface area contributed by atoms with Gasteiger partial charge in [-0.05, 0) is 7.05 Å². The average molecular weight is 194 g/mol. The Labute approximate surface area is 85.4 Å². The molecule has 0 atom stereocenters. The van der Waals surface area contributed by atoms with Crippen molar-refractivity contribution in [3.63, 3.8) is 0 Å². The van der Waals surface area contributed by atoms with Crippen molar-refractivity contribution in [2.45, 2.75) is 19.9 Å². The van der Waals surface area contributed by atoms with E-state index >= 15 is 0 Å². The first-order valence-corrected chi connectivity index (χ1v) is 4.86. The van der Waals surface area contributed by atoms with E-state index in [1.165, 1.54) is 0 Å². The van der Waals surface area contributed by atoms with Crippen molar-refractivity contribution >= 4 is 5.82 Å². The second-order valence-corrected chi connectivity index (χ2v) is 3.41. The van der Waals surface area contributed by atoms with Crippen LogP contribution < -0.4 is 10.2 Å². The van der Waals surface area contributed by atoms with E-state index in [1.807, 2.05) is 32.1 Å². The number of nitrogens with zero attached hydrogens (tertiary/aromatic N) is 3. The van der Waals surface area contributed by atoms with Crippen molar-refractivity contribution in [3.05, 3.63) is 17.6 Å². The first-order chi connectivity index (χ1) is 6.67. The smallest absolute Gasteiger partial charge is 0.132 e. The zero-order chi connectivity index (χ0) is 10.6. The van der Waals surface area contributed by atoms with E-state index in [1.54, 1.807) is 0 Å². The van der Waals surface area contributed by atoms with Gasteiger partial charge in [-0.15, -0.1) is 0 Å². The van der Waals surface area contributed by atoms with Crippen LogP contribution in [-0.4, -0.2) is 31.1 Å². The van der Waals surface area contributed by atoms with Gasteiger partial charge >= 0.3 is 0 Å². The van der Waals surface area contributed by atoms with E-state index in [4.69, 9.17) is 0 Å². The summed E-state index contributed by atoms with van der Waals surface area (Å²) in [6, 6.07) is 2.01. The van der Waals surface area contributed by atoms with Crippen molar-refractivity contribution in [2.24, 2.45) is 0 Å². The maximum atomic E-state index is 4.42. The topological polar surface area (TPSA) is 41.1 Å². The number of nitrogens with one attached hydrogen (secondary N) is 1. The third kappa shape index (κ3) is 2.67. The first-order valence-electron chi connectivity index (χ1n) is 4.86. The lowest BCUT2D eigenvalue weighted by Gasteiger charge is -2.13. The zero-order valence-corrected chi connectivity index (χ0v) is 9.33. The molecule has 0 bridgehead atoms. The van der Waals surface area contributed by atoms with Crippen LogP contribution in [0.4, 0.5) is 5.82 Å². The molecule has 0 amide bonds. The molecule has 78 valence electrons. The minimum Gasteiger partial charge on any atom is -0.363 e. The van der Waals surface area contributed by atoms with Gasteiger partial charge in [0.25, 0.3) is 0 Å². The van der Waals surface area contributed by atoms with E-state index < -0.39 is 0 Å². The summed E-state index contributed by atoms with van der Waals surface area (Å²) in [6.45, 7) is 2.86. The van der Waals surface area contributed by atoms with E-state index in [0.717, 1.165) is 30.3 Å². The van der Waals surface area contributed by atoms with Gasteiger partial charge in [-0.2, -0.15) is 0 Å². The van der Waals surface area contributed by atoms with Gasteiger partial charge in [0.1, 0.15) is 11.6 Å². The van der Waals surface area contributed by atoms with Gasteiger partial charge in [0.05, 0.1) is 5.69 Å². The number of hydrogen-bond acceptors (Lipinski definition) is 4. The lowest BCUT2D eigenvalue weighted by molar-refractivity contribution is 0.767. The standard InChI is InChI=1S/C10H18N4/c1-5-9-12-8(7-11-2)6-10(13-9)14(3)4/h6,11H,5,7H2,1-4H3. The molecular formula is C10H18N4. The molecule has 0 aromatic carbocycles. The van der Waals surface area contributed by atoms with Gasteiger partial charge in [0, 0.05) is 33.1 Å². The highest BCUT2D eigenvalue weighted by Gasteiger charge is 2.03. The van der Waals surface area contributed by atoms with Gasteiger partial charge < -0.3 is 10.2 Å². The van der Waals surface area contributed by atoms with E-state index in [0.29, 0.717) is 0 Å². The Morgan fingerprint density at radius 1 is 1.36 bits per heavy atom. The molecule has 1 rings (SSSR count). The summed E-state index contributed by atoms with van der Waals surface area (Å²) in [6.07, 6.45) is 0.873. The van der Waals surface area contributed by atoms with Gasteiger partial charge in [0.2, 0.25) is 0 Å². The van der Waals surface area contributed by atoms with Crippen molar-refractivity contribution in [1.82, 2.24) is 15.3 Å². The van der Waals surface area contributed by atoms with Gasteiger partial charge in [-0.1, -0.05) is 6.92 Å². The molecule has 0 saturated carbocycles. The monoisotopic (exact) mass is 194 g/mol. The highest BCUT2D eigenvalue weighted by Crippen LogP contribution is 2.09. The van der Waals surface area contributed by atoms with Crippen LogP contribution in [-0.2, 0) is 13.0 Å². The van der Waals surface area contributed by atoms with E-state index in [-0.39, 0.29) is 0 Å². The third-order valence-electron chi connectivity index (χ3n) is 1.94. The molecule has 0 aliphatic heterocycles. The predicted octanol–water partition coefficient (Wildman–Crippen LogP) is 0.824. The Balaban J connectivity index is 3.00. The molecular weight excluding hydrogens is 176 g/mol. The Morgan fingerprint density at radius 2 is 2.07 bits per heavy atom. The van der Waals surface area contributed by atoms with Gasteiger partial charge in [0.15, 0.2) is 0 Å². The number of aryl methyl sites for hydroxylation is 1. The van der Waals surface area contributed by atoms with Crippen LogP contribution in [0, 0.1) is 0 Å². The summed E-state index contributed by atoms with van der Waals surface area (Å²) in [7, 11) is 5.90. The second-order valence-electron chi connectivity index (χ2n) is 3.41. The Hall–Kier alpha value is -1.16. The van der Waals surface area contributed by atoms with Crippen molar-refractivity contribution < 1.29 is 0 Å². The Bertz CT molecular complexity index is 296. The summed E-state index contributed by atoms with van der Waals surface area (Å²) >= 11 is 0. The lowest BCUT2D eigenvalue weighted by atomic mass is 10.3. The molecule has 1 heterocycles. The molecule has 4 nitrogen and oxygen atoms in total. The summed E-state index contributed by atoms with van der Waals surface area (Å²) in [5.74, 6) is 1.88. The highest BCUT2D eigenvalue weighted by atomic mass is 15.1. The number of rotatable bonds is 4. The fourth-order valence-corrected chi connectivity index (χ4v) is 1.20. The SMILES string of the molecule is CCc1nc(CNC)cc(N(C)C)n1. The molecule has 0 aliphatic carbocycles. The van der Waals surface area contributed by atoms with Crippen LogP contribution in [0.1, 0.15) is 18.4 Å². The van der Waals surface area contributed by atoms with Crippen LogP contribution in [0.2, 0.25) is 0 Å². The van der Waals surface area contributed by atoms with Crippen molar-refractivity contribution in [2.75, 3.05) is 26.0 Å². The van der Waals surface area contributed by atoms with Crippen LogP contribution in [0.25, 0.3) is 0 Å². The molecule has 0 aliphatic rings. The number of aromatic nitrogens is 2.